The molecule has 0 saturated heterocycles. The van der Waals surface area contributed by atoms with Crippen LogP contribution in [0.4, 0.5) is 10.1 Å². The van der Waals surface area contributed by atoms with Crippen LogP contribution in [0.15, 0.2) is 24.3 Å². The molecular formula is C13H20FN3. The highest BCUT2D eigenvalue weighted by atomic mass is 19.1. The smallest absolute Gasteiger partial charge is 0.146 e. The number of halogens is 1. The van der Waals surface area contributed by atoms with Crippen molar-refractivity contribution < 1.29 is 4.39 Å². The standard InChI is InChI=1S/C13H20FN3/c1-13(2,12(15)16)8-9-17(3)11-7-5-4-6-10(11)14/h4-7H,8-9H2,1-3H3,(H3,15,16). The molecule has 0 aliphatic heterocycles. The highest BCUT2D eigenvalue weighted by Gasteiger charge is 2.22. The number of anilines is 1. The van der Waals surface area contributed by atoms with Crippen molar-refractivity contribution >= 4 is 11.5 Å². The van der Waals surface area contributed by atoms with Crippen LogP contribution < -0.4 is 10.6 Å². The Morgan fingerprint density at radius 1 is 1.41 bits per heavy atom. The van der Waals surface area contributed by atoms with Crippen LogP contribution in [0.3, 0.4) is 0 Å². The predicted octanol–water partition coefficient (Wildman–Crippen LogP) is 2.61. The molecule has 0 fully saturated rings. The van der Waals surface area contributed by atoms with Crippen LogP contribution in [0.1, 0.15) is 20.3 Å². The molecule has 3 N–H and O–H groups in total. The third-order valence-corrected chi connectivity index (χ3v) is 3.07. The first-order chi connectivity index (χ1) is 7.84. The quantitative estimate of drug-likeness (QED) is 0.611. The molecule has 0 aliphatic rings. The van der Waals surface area contributed by atoms with Gasteiger partial charge in [-0.15, -0.1) is 0 Å². The number of para-hydroxylation sites is 1. The molecule has 0 aliphatic carbocycles. The second-order valence-corrected chi connectivity index (χ2v) is 4.92. The maximum atomic E-state index is 13.5. The van der Waals surface area contributed by atoms with E-state index in [0.29, 0.717) is 18.7 Å². The summed E-state index contributed by atoms with van der Waals surface area (Å²) in [6.07, 6.45) is 0.715. The van der Waals surface area contributed by atoms with Crippen molar-refractivity contribution in [2.45, 2.75) is 20.3 Å². The van der Waals surface area contributed by atoms with Gasteiger partial charge in [0.15, 0.2) is 0 Å². The van der Waals surface area contributed by atoms with Crippen molar-refractivity contribution in [3.05, 3.63) is 30.1 Å². The van der Waals surface area contributed by atoms with Crippen molar-refractivity contribution in [1.82, 2.24) is 0 Å². The number of nitrogens with two attached hydrogens (primary N) is 1. The van der Waals surface area contributed by atoms with Gasteiger partial charge in [0.25, 0.3) is 0 Å². The molecule has 0 unspecified atom stereocenters. The first kappa shape index (κ1) is 13.5. The van der Waals surface area contributed by atoms with Gasteiger partial charge < -0.3 is 10.6 Å². The fourth-order valence-corrected chi connectivity index (χ4v) is 1.46. The Kier molecular flexibility index (Phi) is 4.10. The van der Waals surface area contributed by atoms with Crippen LogP contribution >= 0.6 is 0 Å². The molecule has 0 heterocycles. The molecule has 0 bridgehead atoms. The third kappa shape index (κ3) is 3.44. The predicted molar refractivity (Wildman–Crippen MR) is 70.0 cm³/mol. The van der Waals surface area contributed by atoms with Crippen LogP contribution in [-0.2, 0) is 0 Å². The molecule has 0 aromatic heterocycles. The van der Waals surface area contributed by atoms with Gasteiger partial charge in [0.1, 0.15) is 5.82 Å². The van der Waals surface area contributed by atoms with E-state index in [1.54, 1.807) is 12.1 Å². The fourth-order valence-electron chi connectivity index (χ4n) is 1.46. The molecule has 0 radical (unpaired) electrons. The topological polar surface area (TPSA) is 53.1 Å². The molecule has 0 amide bonds. The van der Waals surface area contributed by atoms with Crippen LogP contribution in [0.2, 0.25) is 0 Å². The minimum absolute atomic E-state index is 0.166. The lowest BCUT2D eigenvalue weighted by Crippen LogP contribution is -2.34. The summed E-state index contributed by atoms with van der Waals surface area (Å²) in [6.45, 7) is 4.50. The van der Waals surface area contributed by atoms with Gasteiger partial charge in [0, 0.05) is 19.0 Å². The Morgan fingerprint density at radius 3 is 2.53 bits per heavy atom. The second kappa shape index (κ2) is 5.17. The lowest BCUT2D eigenvalue weighted by Gasteiger charge is -2.27. The number of benzene rings is 1. The van der Waals surface area contributed by atoms with Gasteiger partial charge in [-0.1, -0.05) is 26.0 Å². The molecule has 1 aromatic carbocycles. The van der Waals surface area contributed by atoms with Crippen molar-refractivity contribution in [2.24, 2.45) is 11.1 Å². The van der Waals surface area contributed by atoms with Gasteiger partial charge in [-0.25, -0.2) is 4.39 Å². The average Bonchev–Trinajstić information content (AvgIpc) is 2.26. The van der Waals surface area contributed by atoms with Crippen LogP contribution in [0.5, 0.6) is 0 Å². The van der Waals surface area contributed by atoms with E-state index < -0.39 is 0 Å². The maximum Gasteiger partial charge on any atom is 0.146 e. The van der Waals surface area contributed by atoms with E-state index in [9.17, 15) is 4.39 Å². The summed E-state index contributed by atoms with van der Waals surface area (Å²) in [5.74, 6) is -0.0601. The van der Waals surface area contributed by atoms with E-state index in [1.165, 1.54) is 6.07 Å². The van der Waals surface area contributed by atoms with Gasteiger partial charge in [0.05, 0.1) is 11.5 Å². The number of nitrogens with zero attached hydrogens (tertiary/aromatic N) is 1. The normalized spacial score (nSPS) is 11.3. The molecule has 0 saturated carbocycles. The average molecular weight is 237 g/mol. The summed E-state index contributed by atoms with van der Waals surface area (Å²) in [5, 5.41) is 7.47. The first-order valence-electron chi connectivity index (χ1n) is 5.65. The lowest BCUT2D eigenvalue weighted by molar-refractivity contribution is 0.470. The highest BCUT2D eigenvalue weighted by molar-refractivity contribution is 5.82. The lowest BCUT2D eigenvalue weighted by atomic mass is 9.88. The Bertz CT molecular complexity index is 401. The summed E-state index contributed by atoms with van der Waals surface area (Å²) < 4.78 is 13.5. The zero-order valence-electron chi connectivity index (χ0n) is 10.6. The number of rotatable bonds is 5. The number of nitrogens with one attached hydrogen (secondary N) is 1. The van der Waals surface area contributed by atoms with E-state index in [0.717, 1.165) is 0 Å². The molecule has 1 aromatic rings. The first-order valence-corrected chi connectivity index (χ1v) is 5.65. The highest BCUT2D eigenvalue weighted by Crippen LogP contribution is 2.23. The molecule has 0 spiro atoms. The zero-order valence-corrected chi connectivity index (χ0v) is 10.6. The number of hydrogen-bond acceptors (Lipinski definition) is 2. The van der Waals surface area contributed by atoms with Gasteiger partial charge in [-0.2, -0.15) is 0 Å². The van der Waals surface area contributed by atoms with Gasteiger partial charge in [0.2, 0.25) is 0 Å². The second-order valence-electron chi connectivity index (χ2n) is 4.92. The molecular weight excluding hydrogens is 217 g/mol. The molecule has 94 valence electrons. The Hall–Kier alpha value is -1.58. The summed E-state index contributed by atoms with van der Waals surface area (Å²) in [5.41, 5.74) is 5.74. The van der Waals surface area contributed by atoms with Crippen molar-refractivity contribution in [3.8, 4) is 0 Å². The van der Waals surface area contributed by atoms with Gasteiger partial charge in [-0.3, -0.25) is 5.41 Å². The Labute approximate surface area is 102 Å². The van der Waals surface area contributed by atoms with Gasteiger partial charge in [-0.05, 0) is 18.6 Å². The van der Waals surface area contributed by atoms with Gasteiger partial charge >= 0.3 is 0 Å². The molecule has 17 heavy (non-hydrogen) atoms. The largest absolute Gasteiger partial charge is 0.387 e. The number of hydrogen-bond donors (Lipinski definition) is 2. The SMILES string of the molecule is CN(CCC(C)(C)C(=N)N)c1ccccc1F. The zero-order chi connectivity index (χ0) is 13.1. The van der Waals surface area contributed by atoms with E-state index in [2.05, 4.69) is 0 Å². The molecule has 1 rings (SSSR count). The summed E-state index contributed by atoms with van der Waals surface area (Å²) in [7, 11) is 1.84. The number of amidine groups is 1. The van der Waals surface area contributed by atoms with E-state index in [4.69, 9.17) is 11.1 Å². The van der Waals surface area contributed by atoms with Crippen LogP contribution in [0, 0.1) is 16.6 Å². The third-order valence-electron chi connectivity index (χ3n) is 3.07. The van der Waals surface area contributed by atoms with Crippen LogP contribution in [0.25, 0.3) is 0 Å². The fraction of sp³-hybridized carbons (Fsp3) is 0.462. The Morgan fingerprint density at radius 2 is 2.00 bits per heavy atom. The molecule has 4 heteroatoms. The van der Waals surface area contributed by atoms with Crippen LogP contribution in [-0.4, -0.2) is 19.4 Å². The van der Waals surface area contributed by atoms with Crippen molar-refractivity contribution in [1.29, 1.82) is 5.41 Å². The molecule has 0 atom stereocenters. The summed E-state index contributed by atoms with van der Waals surface area (Å²) in [6, 6.07) is 6.68. The van der Waals surface area contributed by atoms with E-state index >= 15 is 0 Å². The minimum atomic E-state index is -0.348. The minimum Gasteiger partial charge on any atom is -0.387 e. The Balaban J connectivity index is 2.65. The van der Waals surface area contributed by atoms with Crippen molar-refractivity contribution in [3.63, 3.8) is 0 Å². The van der Waals surface area contributed by atoms with E-state index in [1.807, 2.05) is 31.9 Å². The molecule has 3 nitrogen and oxygen atoms in total. The van der Waals surface area contributed by atoms with E-state index in [-0.39, 0.29) is 17.1 Å². The van der Waals surface area contributed by atoms with Crippen molar-refractivity contribution in [2.75, 3.05) is 18.5 Å². The maximum absolute atomic E-state index is 13.5. The summed E-state index contributed by atoms with van der Waals surface area (Å²) >= 11 is 0. The summed E-state index contributed by atoms with van der Waals surface area (Å²) in [4.78, 5) is 1.85. The monoisotopic (exact) mass is 237 g/mol.